The number of sulfone groups is 1. The first-order valence-electron chi connectivity index (χ1n) is 5.73. The fourth-order valence-electron chi connectivity index (χ4n) is 2.47. The minimum atomic E-state index is -2.99. The number of benzene rings is 1. The number of amides is 1. The molecule has 0 radical (unpaired) electrons. The molecule has 2 aliphatic rings. The second-order valence-corrected chi connectivity index (χ2v) is 8.12. The van der Waals surface area contributed by atoms with Crippen molar-refractivity contribution >= 4 is 32.5 Å². The average Bonchev–Trinajstić information content (AvgIpc) is 2.70. The van der Waals surface area contributed by atoms with Crippen LogP contribution in [0.15, 0.2) is 24.3 Å². The maximum atomic E-state index is 12.0. The summed E-state index contributed by atoms with van der Waals surface area (Å²) in [6.45, 7) is 1.98. The minimum absolute atomic E-state index is 0.0382. The Hall–Kier alpha value is -1.01. The van der Waals surface area contributed by atoms with Crippen molar-refractivity contribution in [1.29, 1.82) is 0 Å². The van der Waals surface area contributed by atoms with Crippen molar-refractivity contribution in [1.82, 2.24) is 0 Å². The maximum absolute atomic E-state index is 12.0. The molecular formula is C12H13NO3S2. The summed E-state index contributed by atoms with van der Waals surface area (Å²) < 4.78 is 23.3. The summed E-state index contributed by atoms with van der Waals surface area (Å²) in [6.07, 6.45) is 0. The third-order valence-corrected chi connectivity index (χ3v) is 6.47. The van der Waals surface area contributed by atoms with Crippen LogP contribution >= 0.6 is 11.8 Å². The standard InChI is InChI=1S/C12H13NO3S2/c1-8-2-4-9(5-3-8)13-10-6-18(15,16)7-11(10)17-12(13)14/h2-5,10-11H,6-7H2,1H3. The van der Waals surface area contributed by atoms with Crippen LogP contribution in [0.25, 0.3) is 0 Å². The molecule has 6 heteroatoms. The number of rotatable bonds is 1. The van der Waals surface area contributed by atoms with Crippen LogP contribution in [-0.4, -0.2) is 36.5 Å². The predicted molar refractivity (Wildman–Crippen MR) is 72.9 cm³/mol. The number of hydrogen-bond acceptors (Lipinski definition) is 4. The van der Waals surface area contributed by atoms with E-state index >= 15 is 0 Å². The second-order valence-electron chi connectivity index (χ2n) is 4.77. The molecule has 2 fully saturated rings. The number of thioether (sulfide) groups is 1. The molecule has 0 aromatic heterocycles. The summed E-state index contributed by atoms with van der Waals surface area (Å²) in [7, 11) is -2.99. The van der Waals surface area contributed by atoms with Gasteiger partial charge in [-0.2, -0.15) is 0 Å². The molecule has 4 nitrogen and oxygen atoms in total. The van der Waals surface area contributed by atoms with Crippen LogP contribution in [0.1, 0.15) is 5.56 Å². The van der Waals surface area contributed by atoms with Crippen LogP contribution in [0.5, 0.6) is 0 Å². The van der Waals surface area contributed by atoms with Gasteiger partial charge >= 0.3 is 0 Å². The molecule has 0 saturated carbocycles. The van der Waals surface area contributed by atoms with E-state index in [4.69, 9.17) is 0 Å². The third kappa shape index (κ3) is 1.93. The van der Waals surface area contributed by atoms with Crippen LogP contribution < -0.4 is 4.90 Å². The molecule has 18 heavy (non-hydrogen) atoms. The third-order valence-electron chi connectivity index (χ3n) is 3.36. The lowest BCUT2D eigenvalue weighted by Crippen LogP contribution is -2.36. The van der Waals surface area contributed by atoms with E-state index < -0.39 is 9.84 Å². The van der Waals surface area contributed by atoms with Crippen molar-refractivity contribution in [3.63, 3.8) is 0 Å². The van der Waals surface area contributed by atoms with Gasteiger partial charge in [-0.15, -0.1) is 0 Å². The lowest BCUT2D eigenvalue weighted by atomic mass is 10.1. The molecule has 0 spiro atoms. The summed E-state index contributed by atoms with van der Waals surface area (Å²) in [5.41, 5.74) is 1.91. The smallest absolute Gasteiger partial charge is 0.286 e. The largest absolute Gasteiger partial charge is 0.298 e. The van der Waals surface area contributed by atoms with Gasteiger partial charge in [0.2, 0.25) is 0 Å². The van der Waals surface area contributed by atoms with Crippen LogP contribution in [0, 0.1) is 6.92 Å². The zero-order valence-corrected chi connectivity index (χ0v) is 11.5. The molecular weight excluding hydrogens is 270 g/mol. The van der Waals surface area contributed by atoms with Gasteiger partial charge in [0, 0.05) is 5.69 Å². The Kier molecular flexibility index (Phi) is 2.67. The summed E-state index contributed by atoms with van der Waals surface area (Å²) in [6, 6.07) is 7.42. The molecule has 0 N–H and O–H groups in total. The van der Waals surface area contributed by atoms with E-state index in [2.05, 4.69) is 0 Å². The summed E-state index contributed by atoms with van der Waals surface area (Å²) in [5, 5.41) is -0.146. The van der Waals surface area contributed by atoms with Crippen molar-refractivity contribution in [2.24, 2.45) is 0 Å². The van der Waals surface area contributed by atoms with Crippen LogP contribution in [0.3, 0.4) is 0 Å². The predicted octanol–water partition coefficient (Wildman–Crippen LogP) is 1.83. The average molecular weight is 283 g/mol. The Morgan fingerprint density at radius 3 is 2.56 bits per heavy atom. The Bertz CT molecular complexity index is 594. The highest BCUT2D eigenvalue weighted by molar-refractivity contribution is 8.15. The maximum Gasteiger partial charge on any atom is 0.286 e. The fourth-order valence-corrected chi connectivity index (χ4v) is 6.24. The van der Waals surface area contributed by atoms with Crippen LogP contribution in [-0.2, 0) is 9.84 Å². The van der Waals surface area contributed by atoms with E-state index in [0.717, 1.165) is 23.0 Å². The van der Waals surface area contributed by atoms with Crippen LogP contribution in [0.2, 0.25) is 0 Å². The van der Waals surface area contributed by atoms with Gasteiger partial charge in [-0.3, -0.25) is 9.69 Å². The van der Waals surface area contributed by atoms with Crippen molar-refractivity contribution in [2.45, 2.75) is 18.2 Å². The van der Waals surface area contributed by atoms with E-state index in [0.29, 0.717) is 0 Å². The number of anilines is 1. The highest BCUT2D eigenvalue weighted by Crippen LogP contribution is 2.40. The van der Waals surface area contributed by atoms with Gasteiger partial charge in [-0.05, 0) is 19.1 Å². The van der Waals surface area contributed by atoms with E-state index in [1.807, 2.05) is 31.2 Å². The van der Waals surface area contributed by atoms with Crippen molar-refractivity contribution in [2.75, 3.05) is 16.4 Å². The molecule has 1 amide bonds. The zero-order chi connectivity index (χ0) is 12.9. The number of fused-ring (bicyclic) bond motifs is 1. The van der Waals surface area contributed by atoms with Gasteiger partial charge in [0.25, 0.3) is 5.24 Å². The molecule has 2 heterocycles. The highest BCUT2D eigenvalue weighted by atomic mass is 32.2. The molecule has 2 saturated heterocycles. The second kappa shape index (κ2) is 3.99. The normalized spacial score (nSPS) is 29.6. The minimum Gasteiger partial charge on any atom is -0.298 e. The van der Waals surface area contributed by atoms with Crippen molar-refractivity contribution in [3.05, 3.63) is 29.8 Å². The van der Waals surface area contributed by atoms with Gasteiger partial charge in [-0.25, -0.2) is 8.42 Å². The van der Waals surface area contributed by atoms with E-state index in [9.17, 15) is 13.2 Å². The summed E-state index contributed by atoms with van der Waals surface area (Å²) in [5.74, 6) is 0.209. The molecule has 0 bridgehead atoms. The molecule has 1 aromatic carbocycles. The SMILES string of the molecule is Cc1ccc(N2C(=O)SC3CS(=O)(=O)CC32)cc1. The Balaban J connectivity index is 1.96. The molecule has 3 rings (SSSR count). The fraction of sp³-hybridized carbons (Fsp3) is 0.417. The van der Waals surface area contributed by atoms with Crippen LogP contribution in [0.4, 0.5) is 10.5 Å². The highest BCUT2D eigenvalue weighted by Gasteiger charge is 2.50. The first-order chi connectivity index (χ1) is 8.46. The molecule has 0 aliphatic carbocycles. The number of hydrogen-bond donors (Lipinski definition) is 0. The topological polar surface area (TPSA) is 54.5 Å². The van der Waals surface area contributed by atoms with Crippen molar-refractivity contribution < 1.29 is 13.2 Å². The first kappa shape index (κ1) is 12.0. The van der Waals surface area contributed by atoms with E-state index in [1.54, 1.807) is 4.90 Å². The summed E-state index contributed by atoms with van der Waals surface area (Å²) >= 11 is 1.15. The Morgan fingerprint density at radius 2 is 1.89 bits per heavy atom. The summed E-state index contributed by atoms with van der Waals surface area (Å²) in [4.78, 5) is 13.6. The zero-order valence-electron chi connectivity index (χ0n) is 9.87. The van der Waals surface area contributed by atoms with Gasteiger partial charge in [0.05, 0.1) is 22.8 Å². The number of nitrogens with zero attached hydrogens (tertiary/aromatic N) is 1. The molecule has 1 aromatic rings. The molecule has 96 valence electrons. The number of carbonyl (C=O) groups is 1. The Morgan fingerprint density at radius 1 is 1.22 bits per heavy atom. The first-order valence-corrected chi connectivity index (χ1v) is 8.43. The lowest BCUT2D eigenvalue weighted by molar-refractivity contribution is 0.265. The van der Waals surface area contributed by atoms with Gasteiger partial charge in [0.1, 0.15) is 0 Å². The monoisotopic (exact) mass is 283 g/mol. The quantitative estimate of drug-likeness (QED) is 0.789. The van der Waals surface area contributed by atoms with Gasteiger partial charge in [0.15, 0.2) is 9.84 Å². The number of aryl methyl sites for hydroxylation is 1. The van der Waals surface area contributed by atoms with E-state index in [-0.39, 0.29) is 28.0 Å². The molecule has 2 unspecified atom stereocenters. The molecule has 2 aliphatic heterocycles. The Labute approximate surface area is 110 Å². The van der Waals surface area contributed by atoms with Crippen molar-refractivity contribution in [3.8, 4) is 0 Å². The van der Waals surface area contributed by atoms with Gasteiger partial charge < -0.3 is 0 Å². The lowest BCUT2D eigenvalue weighted by Gasteiger charge is -2.22. The number of carbonyl (C=O) groups excluding carboxylic acids is 1. The molecule has 2 atom stereocenters. The van der Waals surface area contributed by atoms with Gasteiger partial charge in [-0.1, -0.05) is 29.5 Å². The van der Waals surface area contributed by atoms with E-state index in [1.165, 1.54) is 0 Å².